The Labute approximate surface area is 310 Å². The van der Waals surface area contributed by atoms with Crippen molar-refractivity contribution in [3.63, 3.8) is 0 Å². The SMILES string of the molecule is C=C/C=C\c1c(C)c2c(n1-c1ccc3c(c1)c(=O)c1cc(C(C)=O)cc4c(=O)c5cc(-n6c7c(c8ccccc86)CCC=C7)ccc5n3c14)C=CCC=C2. The van der Waals surface area contributed by atoms with Gasteiger partial charge in [-0.15, -0.1) is 0 Å². The van der Waals surface area contributed by atoms with Crippen LogP contribution >= 0.6 is 0 Å². The highest BCUT2D eigenvalue weighted by molar-refractivity contribution is 6.11. The number of hydrogen-bond donors (Lipinski definition) is 0. The molecule has 2 aliphatic carbocycles. The maximum Gasteiger partial charge on any atom is 0.197 e. The molecule has 6 heteroatoms. The van der Waals surface area contributed by atoms with Crippen molar-refractivity contribution in [1.82, 2.24) is 13.5 Å². The molecule has 0 bridgehead atoms. The second-order valence-electron chi connectivity index (χ2n) is 14.3. The van der Waals surface area contributed by atoms with Crippen molar-refractivity contribution in [2.45, 2.75) is 33.1 Å². The van der Waals surface area contributed by atoms with Crippen molar-refractivity contribution >= 4 is 79.1 Å². The maximum absolute atomic E-state index is 14.7. The van der Waals surface area contributed by atoms with Crippen LogP contribution in [0.4, 0.5) is 0 Å². The quantitative estimate of drug-likeness (QED) is 0.0777. The molecule has 0 spiro atoms. The molecule has 2 aliphatic rings. The number of Topliss-reactive ketones (excluding diaryl/α,β-unsaturated/α-hetero) is 1. The summed E-state index contributed by atoms with van der Waals surface area (Å²) >= 11 is 0. The van der Waals surface area contributed by atoms with Gasteiger partial charge in [0.05, 0.1) is 27.8 Å². The zero-order valence-corrected chi connectivity index (χ0v) is 30.0. The van der Waals surface area contributed by atoms with Crippen LogP contribution in [0.2, 0.25) is 0 Å². The summed E-state index contributed by atoms with van der Waals surface area (Å²) in [7, 11) is 0. The maximum atomic E-state index is 14.7. The van der Waals surface area contributed by atoms with Gasteiger partial charge in [0.1, 0.15) is 0 Å². The van der Waals surface area contributed by atoms with E-state index in [4.69, 9.17) is 0 Å². The van der Waals surface area contributed by atoms with E-state index in [9.17, 15) is 14.4 Å². The minimum atomic E-state index is -0.221. The Morgan fingerprint density at radius 3 is 2.09 bits per heavy atom. The van der Waals surface area contributed by atoms with E-state index in [2.05, 4.69) is 83.4 Å². The van der Waals surface area contributed by atoms with Crippen LogP contribution in [0.5, 0.6) is 0 Å². The van der Waals surface area contributed by atoms with Crippen molar-refractivity contribution in [2.24, 2.45) is 0 Å². The lowest BCUT2D eigenvalue weighted by Crippen LogP contribution is -2.16. The number of nitrogens with zero attached hydrogens (tertiary/aromatic N) is 3. The summed E-state index contributed by atoms with van der Waals surface area (Å²) in [4.78, 5) is 42.2. The van der Waals surface area contributed by atoms with E-state index in [0.717, 1.165) is 64.4 Å². The number of aryl methyl sites for hydroxylation is 1. The molecule has 0 N–H and O–H groups in total. The second kappa shape index (κ2) is 11.9. The van der Waals surface area contributed by atoms with E-state index in [1.165, 1.54) is 17.9 Å². The van der Waals surface area contributed by atoms with E-state index < -0.39 is 0 Å². The molecule has 0 saturated carbocycles. The van der Waals surface area contributed by atoms with Gasteiger partial charge in [-0.25, -0.2) is 0 Å². The van der Waals surface area contributed by atoms with Crippen LogP contribution in [-0.4, -0.2) is 19.3 Å². The average molecular weight is 702 g/mol. The van der Waals surface area contributed by atoms with Crippen LogP contribution in [0.1, 0.15) is 63.9 Å². The normalized spacial score (nSPS) is 13.9. The zero-order valence-electron chi connectivity index (χ0n) is 30.0. The molecule has 10 rings (SSSR count). The number of carbonyl (C=O) groups is 1. The molecular formula is C48H35N3O3. The standard InChI is InChI=1S/C48H35N3O3/c1-4-5-16-40-28(2)33-13-7-6-8-17-41(33)49(40)31-20-22-44-36(26-31)47(53)38-24-30(29(3)52)25-39-46(38)51(44)45-23-21-32(27-37(45)48(39)54)50-42-18-11-9-14-34(42)35-15-10-12-19-43(35)50/h4-5,7-9,11-14,16-27H,1,6,10,15H2,2-3H3/b16-5-. The van der Waals surface area contributed by atoms with Gasteiger partial charge < -0.3 is 13.5 Å². The van der Waals surface area contributed by atoms with E-state index >= 15 is 0 Å². The molecule has 0 fully saturated rings. The molecule has 8 aromatic rings. The fourth-order valence-electron chi connectivity index (χ4n) is 8.83. The highest BCUT2D eigenvalue weighted by Crippen LogP contribution is 2.37. The summed E-state index contributed by atoms with van der Waals surface area (Å²) in [6.07, 6.45) is 21.5. The van der Waals surface area contributed by atoms with Crippen molar-refractivity contribution < 1.29 is 4.79 Å². The average Bonchev–Trinajstić information content (AvgIpc) is 3.53. The van der Waals surface area contributed by atoms with Crippen LogP contribution < -0.4 is 10.9 Å². The Morgan fingerprint density at radius 1 is 0.722 bits per heavy atom. The molecule has 4 aromatic carbocycles. The Hall–Kier alpha value is -6.79. The van der Waals surface area contributed by atoms with E-state index in [-0.39, 0.29) is 16.6 Å². The molecule has 0 atom stereocenters. The minimum absolute atomic E-state index is 0.207. The highest BCUT2D eigenvalue weighted by atomic mass is 16.1. The number of aromatic nitrogens is 3. The first-order valence-electron chi connectivity index (χ1n) is 18.4. The first-order valence-corrected chi connectivity index (χ1v) is 18.4. The Bertz CT molecular complexity index is 3230. The number of ketones is 1. The largest absolute Gasteiger partial charge is 0.310 e. The summed E-state index contributed by atoms with van der Waals surface area (Å²) in [6.45, 7) is 7.48. The smallest absolute Gasteiger partial charge is 0.197 e. The van der Waals surface area contributed by atoms with Gasteiger partial charge in [0.2, 0.25) is 0 Å². The lowest BCUT2D eigenvalue weighted by molar-refractivity contribution is 0.101. The summed E-state index contributed by atoms with van der Waals surface area (Å²) in [6, 6.07) is 23.7. The number of hydrogen-bond acceptors (Lipinski definition) is 3. The monoisotopic (exact) mass is 701 g/mol. The van der Waals surface area contributed by atoms with Crippen LogP contribution in [0.15, 0.2) is 119 Å². The van der Waals surface area contributed by atoms with Gasteiger partial charge in [-0.2, -0.15) is 0 Å². The lowest BCUT2D eigenvalue weighted by Gasteiger charge is -2.18. The van der Waals surface area contributed by atoms with E-state index in [1.807, 2.05) is 53.0 Å². The van der Waals surface area contributed by atoms with Crippen molar-refractivity contribution in [3.8, 4) is 11.4 Å². The molecule has 0 aliphatic heterocycles. The molecule has 260 valence electrons. The van der Waals surface area contributed by atoms with Gasteiger partial charge in [-0.05, 0) is 117 Å². The van der Waals surface area contributed by atoms with Gasteiger partial charge in [0.25, 0.3) is 0 Å². The Morgan fingerprint density at radius 2 is 1.39 bits per heavy atom. The predicted octanol–water partition coefficient (Wildman–Crippen LogP) is 10.4. The minimum Gasteiger partial charge on any atom is -0.310 e. The third-order valence-corrected chi connectivity index (χ3v) is 11.3. The molecule has 6 nitrogen and oxygen atoms in total. The first-order chi connectivity index (χ1) is 26.4. The highest BCUT2D eigenvalue weighted by Gasteiger charge is 2.24. The summed E-state index contributed by atoms with van der Waals surface area (Å²) in [5.74, 6) is -0.207. The van der Waals surface area contributed by atoms with Crippen LogP contribution in [-0.2, 0) is 6.42 Å². The zero-order chi connectivity index (χ0) is 36.8. The first kappa shape index (κ1) is 31.9. The van der Waals surface area contributed by atoms with Gasteiger partial charge >= 0.3 is 0 Å². The number of benzene rings is 4. The number of carbonyl (C=O) groups excluding carboxylic acids is 1. The Balaban J connectivity index is 1.31. The number of allylic oxidation sites excluding steroid dienone is 5. The second-order valence-corrected chi connectivity index (χ2v) is 14.3. The van der Waals surface area contributed by atoms with Gasteiger partial charge in [0, 0.05) is 60.8 Å². The van der Waals surface area contributed by atoms with Crippen LogP contribution in [0.3, 0.4) is 0 Å². The van der Waals surface area contributed by atoms with Gasteiger partial charge in [-0.1, -0.05) is 61.2 Å². The fourth-order valence-corrected chi connectivity index (χ4v) is 8.83. The Kier molecular flexibility index (Phi) is 7.01. The van der Waals surface area contributed by atoms with E-state index in [0.29, 0.717) is 43.7 Å². The lowest BCUT2D eigenvalue weighted by atomic mass is 9.98. The molecule has 54 heavy (non-hydrogen) atoms. The molecule has 0 radical (unpaired) electrons. The summed E-state index contributed by atoms with van der Waals surface area (Å²) < 4.78 is 6.47. The van der Waals surface area contributed by atoms with Crippen LogP contribution in [0, 0.1) is 6.92 Å². The number of para-hydroxylation sites is 1. The predicted molar refractivity (Wildman–Crippen MR) is 224 cm³/mol. The summed E-state index contributed by atoms with van der Waals surface area (Å²) in [5.41, 5.74) is 11.3. The van der Waals surface area contributed by atoms with Crippen molar-refractivity contribution in [2.75, 3.05) is 0 Å². The molecule has 0 amide bonds. The molecule has 0 unspecified atom stereocenters. The van der Waals surface area contributed by atoms with Crippen molar-refractivity contribution in [3.05, 3.63) is 170 Å². The van der Waals surface area contributed by atoms with Gasteiger partial charge in [0.15, 0.2) is 16.6 Å². The van der Waals surface area contributed by atoms with E-state index in [1.54, 1.807) is 18.2 Å². The fraction of sp³-hybridized carbons (Fsp3) is 0.104. The topological polar surface area (TPSA) is 65.5 Å². The molecule has 0 saturated heterocycles. The van der Waals surface area contributed by atoms with Gasteiger partial charge in [-0.3, -0.25) is 14.4 Å². The van der Waals surface area contributed by atoms with Crippen LogP contribution in [0.25, 0.3) is 84.7 Å². The number of pyridine rings is 2. The molecule has 4 aromatic heterocycles. The molecule has 4 heterocycles. The molecular weight excluding hydrogens is 667 g/mol. The third-order valence-electron chi connectivity index (χ3n) is 11.3. The summed E-state index contributed by atoms with van der Waals surface area (Å²) in [5, 5.41) is 2.93. The number of rotatable bonds is 5. The third kappa shape index (κ3) is 4.43. The number of fused-ring (bicyclic) bond motifs is 8. The van der Waals surface area contributed by atoms with Crippen molar-refractivity contribution in [1.29, 1.82) is 0 Å².